The minimum Gasteiger partial charge on any atom is -0.321 e. The Morgan fingerprint density at radius 2 is 2.05 bits per heavy atom. The van der Waals surface area contributed by atoms with Gasteiger partial charge in [0.2, 0.25) is 0 Å². The number of halogens is 1. The molecule has 0 saturated heterocycles. The molecule has 0 aliphatic heterocycles. The van der Waals surface area contributed by atoms with Gasteiger partial charge in [0.15, 0.2) is 4.96 Å². The molecule has 4 nitrogen and oxygen atoms in total. The van der Waals surface area contributed by atoms with Crippen LogP contribution in [-0.4, -0.2) is 15.3 Å². The number of nitrogens with one attached hydrogen (secondary N) is 1. The van der Waals surface area contributed by atoms with Gasteiger partial charge in [-0.25, -0.2) is 9.37 Å². The largest absolute Gasteiger partial charge is 0.321 e. The van der Waals surface area contributed by atoms with Crippen molar-refractivity contribution in [1.82, 2.24) is 9.38 Å². The van der Waals surface area contributed by atoms with E-state index in [1.165, 1.54) is 35.6 Å². The van der Waals surface area contributed by atoms with E-state index in [0.717, 1.165) is 9.84 Å². The van der Waals surface area contributed by atoms with Gasteiger partial charge in [-0.3, -0.25) is 9.20 Å². The normalized spacial score (nSPS) is 10.8. The summed E-state index contributed by atoms with van der Waals surface area (Å²) in [4.78, 5) is 18.1. The van der Waals surface area contributed by atoms with Gasteiger partial charge in [0.05, 0.1) is 0 Å². The van der Waals surface area contributed by atoms with Crippen LogP contribution >= 0.6 is 11.3 Å². The molecular formula is C13H10FN3OS. The lowest BCUT2D eigenvalue weighted by molar-refractivity contribution is 0.102. The van der Waals surface area contributed by atoms with Crippen LogP contribution in [0.4, 0.5) is 10.1 Å². The summed E-state index contributed by atoms with van der Waals surface area (Å²) in [6.45, 7) is 1.98. The highest BCUT2D eigenvalue weighted by molar-refractivity contribution is 7.17. The average Bonchev–Trinajstić information content (AvgIpc) is 2.89. The molecular weight excluding hydrogens is 265 g/mol. The van der Waals surface area contributed by atoms with Crippen LogP contribution in [0.2, 0.25) is 0 Å². The summed E-state index contributed by atoms with van der Waals surface area (Å²) in [7, 11) is 0. The Hall–Kier alpha value is -2.21. The fraction of sp³-hybridized carbons (Fsp3) is 0.0769. The van der Waals surface area contributed by atoms with Crippen molar-refractivity contribution >= 4 is 27.9 Å². The third-order valence-corrected chi connectivity index (χ3v) is 3.52. The molecule has 0 aliphatic carbocycles. The molecule has 0 unspecified atom stereocenters. The first kappa shape index (κ1) is 11.9. The lowest BCUT2D eigenvalue weighted by atomic mass is 10.3. The van der Waals surface area contributed by atoms with E-state index in [-0.39, 0.29) is 11.7 Å². The average molecular weight is 275 g/mol. The summed E-state index contributed by atoms with van der Waals surface area (Å²) in [6, 6.07) is 5.61. The van der Waals surface area contributed by atoms with E-state index in [0.29, 0.717) is 11.4 Å². The standard InChI is InChI=1S/C13H10FN3OS/c1-8-6-17-7-11(16-13(17)19-8)12(18)15-10-4-2-9(14)3-5-10/h2-7H,1H3,(H,15,18). The van der Waals surface area contributed by atoms with Gasteiger partial charge >= 0.3 is 0 Å². The Morgan fingerprint density at radius 1 is 1.32 bits per heavy atom. The van der Waals surface area contributed by atoms with Gasteiger partial charge in [-0.05, 0) is 31.2 Å². The summed E-state index contributed by atoms with van der Waals surface area (Å²) < 4.78 is 14.6. The minimum atomic E-state index is -0.337. The van der Waals surface area contributed by atoms with Crippen LogP contribution in [0, 0.1) is 12.7 Å². The van der Waals surface area contributed by atoms with Gasteiger partial charge in [-0.1, -0.05) is 0 Å². The molecule has 0 radical (unpaired) electrons. The number of aryl methyl sites for hydroxylation is 1. The molecule has 0 atom stereocenters. The van der Waals surface area contributed by atoms with Crippen LogP contribution in [0.25, 0.3) is 4.96 Å². The topological polar surface area (TPSA) is 46.4 Å². The van der Waals surface area contributed by atoms with Gasteiger partial charge in [0.1, 0.15) is 11.5 Å². The van der Waals surface area contributed by atoms with Crippen LogP contribution in [-0.2, 0) is 0 Å². The maximum absolute atomic E-state index is 12.8. The van der Waals surface area contributed by atoms with Crippen molar-refractivity contribution in [3.8, 4) is 0 Å². The zero-order valence-electron chi connectivity index (χ0n) is 10.1. The van der Waals surface area contributed by atoms with E-state index in [2.05, 4.69) is 10.3 Å². The zero-order chi connectivity index (χ0) is 13.4. The molecule has 19 heavy (non-hydrogen) atoms. The van der Waals surface area contributed by atoms with E-state index in [9.17, 15) is 9.18 Å². The summed E-state index contributed by atoms with van der Waals surface area (Å²) in [5, 5.41) is 2.67. The van der Waals surface area contributed by atoms with Gasteiger partial charge in [-0.2, -0.15) is 0 Å². The van der Waals surface area contributed by atoms with Crippen molar-refractivity contribution in [2.24, 2.45) is 0 Å². The number of aromatic nitrogens is 2. The minimum absolute atomic E-state index is 0.305. The Morgan fingerprint density at radius 3 is 2.74 bits per heavy atom. The number of hydrogen-bond donors (Lipinski definition) is 1. The van der Waals surface area contributed by atoms with Gasteiger partial charge < -0.3 is 5.32 Å². The smallest absolute Gasteiger partial charge is 0.275 e. The highest BCUT2D eigenvalue weighted by Gasteiger charge is 2.12. The zero-order valence-corrected chi connectivity index (χ0v) is 10.9. The van der Waals surface area contributed by atoms with Crippen LogP contribution in [0.3, 0.4) is 0 Å². The van der Waals surface area contributed by atoms with Gasteiger partial charge in [-0.15, -0.1) is 11.3 Å². The molecule has 2 aromatic heterocycles. The molecule has 0 saturated carbocycles. The summed E-state index contributed by atoms with van der Waals surface area (Å²) in [5.74, 6) is -0.642. The summed E-state index contributed by atoms with van der Waals surface area (Å²) >= 11 is 1.52. The van der Waals surface area contributed by atoms with Crippen LogP contribution in [0.15, 0.2) is 36.7 Å². The predicted molar refractivity (Wildman–Crippen MR) is 72.2 cm³/mol. The molecule has 0 fully saturated rings. The number of carbonyl (C=O) groups is 1. The highest BCUT2D eigenvalue weighted by atomic mass is 32.1. The first-order valence-electron chi connectivity index (χ1n) is 5.64. The Labute approximate surface area is 112 Å². The molecule has 3 rings (SSSR count). The molecule has 96 valence electrons. The molecule has 1 aromatic carbocycles. The fourth-order valence-electron chi connectivity index (χ4n) is 1.75. The molecule has 1 amide bonds. The van der Waals surface area contributed by atoms with Crippen molar-refractivity contribution in [1.29, 1.82) is 0 Å². The van der Waals surface area contributed by atoms with Crippen molar-refractivity contribution in [3.63, 3.8) is 0 Å². The van der Waals surface area contributed by atoms with Crippen molar-refractivity contribution in [3.05, 3.63) is 53.0 Å². The molecule has 1 N–H and O–H groups in total. The number of benzene rings is 1. The lowest BCUT2D eigenvalue weighted by Gasteiger charge is -2.02. The number of fused-ring (bicyclic) bond motifs is 1. The number of anilines is 1. The first-order valence-corrected chi connectivity index (χ1v) is 6.45. The fourth-order valence-corrected chi connectivity index (χ4v) is 2.56. The van der Waals surface area contributed by atoms with Gasteiger partial charge in [0.25, 0.3) is 5.91 Å². The second kappa shape index (κ2) is 4.47. The Balaban J connectivity index is 1.83. The summed E-state index contributed by atoms with van der Waals surface area (Å²) in [5.41, 5.74) is 0.884. The maximum Gasteiger partial charge on any atom is 0.275 e. The monoisotopic (exact) mass is 275 g/mol. The number of amides is 1. The molecule has 3 aromatic rings. The summed E-state index contributed by atoms with van der Waals surface area (Å²) in [6.07, 6.45) is 3.60. The van der Waals surface area contributed by atoms with E-state index >= 15 is 0 Å². The lowest BCUT2D eigenvalue weighted by Crippen LogP contribution is -2.12. The number of carbonyl (C=O) groups excluding carboxylic acids is 1. The number of hydrogen-bond acceptors (Lipinski definition) is 3. The van der Waals surface area contributed by atoms with E-state index in [1.54, 1.807) is 6.20 Å². The third kappa shape index (κ3) is 2.34. The molecule has 6 heteroatoms. The van der Waals surface area contributed by atoms with Crippen molar-refractivity contribution in [2.75, 3.05) is 5.32 Å². The van der Waals surface area contributed by atoms with E-state index < -0.39 is 0 Å². The quantitative estimate of drug-likeness (QED) is 0.781. The van der Waals surface area contributed by atoms with Crippen molar-refractivity contribution in [2.45, 2.75) is 6.92 Å². The SMILES string of the molecule is Cc1cn2cc(C(=O)Nc3ccc(F)cc3)nc2s1. The van der Waals surface area contributed by atoms with Crippen LogP contribution in [0.5, 0.6) is 0 Å². The maximum atomic E-state index is 12.8. The Kier molecular flexibility index (Phi) is 2.79. The number of nitrogens with zero attached hydrogens (tertiary/aromatic N) is 2. The van der Waals surface area contributed by atoms with Gasteiger partial charge in [0, 0.05) is 23.0 Å². The van der Waals surface area contributed by atoms with E-state index in [4.69, 9.17) is 0 Å². The number of imidazole rings is 1. The Bertz CT molecular complexity index is 713. The van der Waals surface area contributed by atoms with Crippen molar-refractivity contribution < 1.29 is 9.18 Å². The van der Waals surface area contributed by atoms with Crippen LogP contribution < -0.4 is 5.32 Å². The van der Waals surface area contributed by atoms with E-state index in [1.807, 2.05) is 17.5 Å². The molecule has 0 bridgehead atoms. The third-order valence-electron chi connectivity index (χ3n) is 2.61. The molecule has 0 spiro atoms. The number of rotatable bonds is 2. The molecule has 2 heterocycles. The highest BCUT2D eigenvalue weighted by Crippen LogP contribution is 2.17. The number of thiazole rings is 1. The molecule has 0 aliphatic rings. The second-order valence-electron chi connectivity index (χ2n) is 4.12. The first-order chi connectivity index (χ1) is 9.11. The predicted octanol–water partition coefficient (Wildman–Crippen LogP) is 3.10. The second-order valence-corrected chi connectivity index (χ2v) is 5.33. The van der Waals surface area contributed by atoms with Crippen LogP contribution in [0.1, 0.15) is 15.4 Å².